The van der Waals surface area contributed by atoms with Crippen LogP contribution in [0.25, 0.3) is 0 Å². The van der Waals surface area contributed by atoms with Crippen LogP contribution in [0.5, 0.6) is 0 Å². The third-order valence-electron chi connectivity index (χ3n) is 3.84. The Hall–Kier alpha value is -1.00. The van der Waals surface area contributed by atoms with Gasteiger partial charge in [-0.05, 0) is 31.4 Å². The lowest BCUT2D eigenvalue weighted by molar-refractivity contribution is 0.0599. The highest BCUT2D eigenvalue weighted by molar-refractivity contribution is 5.29. The standard InChI is InChI=1S/C15H21F2NO/c1-4-18-14(15-10(3)7-8-19-15)11-6-5-9(2)12(16)13(11)17/h5-6,10,14-15,18H,4,7-8H2,1-3H3. The number of hydrogen-bond acceptors (Lipinski definition) is 2. The Kier molecular flexibility index (Phi) is 4.53. The molecule has 0 radical (unpaired) electrons. The van der Waals surface area contributed by atoms with Gasteiger partial charge in [0.2, 0.25) is 0 Å². The van der Waals surface area contributed by atoms with E-state index in [1.54, 1.807) is 19.1 Å². The van der Waals surface area contributed by atoms with Gasteiger partial charge in [0, 0.05) is 12.2 Å². The lowest BCUT2D eigenvalue weighted by atomic mass is 9.91. The number of ether oxygens (including phenoxy) is 1. The molecule has 0 amide bonds. The zero-order valence-corrected chi connectivity index (χ0v) is 11.7. The van der Waals surface area contributed by atoms with Gasteiger partial charge in [-0.2, -0.15) is 0 Å². The van der Waals surface area contributed by atoms with Crippen LogP contribution in [0.1, 0.15) is 37.4 Å². The summed E-state index contributed by atoms with van der Waals surface area (Å²) in [5.41, 5.74) is 0.695. The molecule has 0 bridgehead atoms. The van der Waals surface area contributed by atoms with Gasteiger partial charge in [0.1, 0.15) is 0 Å². The van der Waals surface area contributed by atoms with Crippen molar-refractivity contribution in [2.45, 2.75) is 39.3 Å². The van der Waals surface area contributed by atoms with Crippen molar-refractivity contribution >= 4 is 0 Å². The third-order valence-corrected chi connectivity index (χ3v) is 3.84. The summed E-state index contributed by atoms with van der Waals surface area (Å²) in [7, 11) is 0. The molecule has 1 aromatic rings. The summed E-state index contributed by atoms with van der Waals surface area (Å²) in [5, 5.41) is 3.23. The number of nitrogens with one attached hydrogen (secondary N) is 1. The van der Waals surface area contributed by atoms with Crippen molar-refractivity contribution in [3.8, 4) is 0 Å². The molecule has 3 atom stereocenters. The quantitative estimate of drug-likeness (QED) is 0.905. The lowest BCUT2D eigenvalue weighted by Crippen LogP contribution is -2.35. The minimum Gasteiger partial charge on any atom is -0.376 e. The predicted octanol–water partition coefficient (Wildman–Crippen LogP) is 3.35. The van der Waals surface area contributed by atoms with E-state index in [1.165, 1.54) is 0 Å². The summed E-state index contributed by atoms with van der Waals surface area (Å²) < 4.78 is 33.6. The average Bonchev–Trinajstić information content (AvgIpc) is 2.80. The summed E-state index contributed by atoms with van der Waals surface area (Å²) in [5.74, 6) is -1.17. The van der Waals surface area contributed by atoms with E-state index in [1.807, 2.05) is 6.92 Å². The Balaban J connectivity index is 2.36. The van der Waals surface area contributed by atoms with Crippen molar-refractivity contribution in [1.29, 1.82) is 0 Å². The van der Waals surface area contributed by atoms with E-state index in [9.17, 15) is 8.78 Å². The van der Waals surface area contributed by atoms with E-state index in [0.29, 0.717) is 30.2 Å². The second-order valence-electron chi connectivity index (χ2n) is 5.24. The fourth-order valence-corrected chi connectivity index (χ4v) is 2.67. The van der Waals surface area contributed by atoms with E-state index in [4.69, 9.17) is 4.74 Å². The van der Waals surface area contributed by atoms with Gasteiger partial charge in [-0.15, -0.1) is 0 Å². The molecular weight excluding hydrogens is 248 g/mol. The molecule has 1 fully saturated rings. The van der Waals surface area contributed by atoms with Crippen LogP contribution >= 0.6 is 0 Å². The second-order valence-corrected chi connectivity index (χ2v) is 5.24. The zero-order valence-electron chi connectivity index (χ0n) is 11.7. The van der Waals surface area contributed by atoms with Crippen LogP contribution in [-0.4, -0.2) is 19.3 Å². The van der Waals surface area contributed by atoms with Crippen LogP contribution in [0.3, 0.4) is 0 Å². The average molecular weight is 269 g/mol. The predicted molar refractivity (Wildman–Crippen MR) is 71.0 cm³/mol. The van der Waals surface area contributed by atoms with Crippen molar-refractivity contribution in [2.24, 2.45) is 5.92 Å². The Bertz CT molecular complexity index is 450. The number of hydrogen-bond donors (Lipinski definition) is 1. The van der Waals surface area contributed by atoms with Crippen molar-refractivity contribution < 1.29 is 13.5 Å². The van der Waals surface area contributed by atoms with Crippen LogP contribution in [-0.2, 0) is 4.74 Å². The van der Waals surface area contributed by atoms with E-state index in [2.05, 4.69) is 12.2 Å². The molecule has 1 N–H and O–H groups in total. The van der Waals surface area contributed by atoms with Crippen molar-refractivity contribution in [3.63, 3.8) is 0 Å². The van der Waals surface area contributed by atoms with Crippen LogP contribution < -0.4 is 5.32 Å². The van der Waals surface area contributed by atoms with Gasteiger partial charge in [0.15, 0.2) is 11.6 Å². The zero-order chi connectivity index (χ0) is 14.0. The minimum absolute atomic E-state index is 0.100. The fourth-order valence-electron chi connectivity index (χ4n) is 2.67. The molecular formula is C15H21F2NO. The first-order valence-electron chi connectivity index (χ1n) is 6.85. The molecule has 3 unspecified atom stereocenters. The van der Waals surface area contributed by atoms with Gasteiger partial charge >= 0.3 is 0 Å². The number of benzene rings is 1. The van der Waals surface area contributed by atoms with Crippen LogP contribution in [0.15, 0.2) is 12.1 Å². The van der Waals surface area contributed by atoms with Crippen LogP contribution in [0, 0.1) is 24.5 Å². The van der Waals surface area contributed by atoms with Gasteiger partial charge in [0.05, 0.1) is 12.1 Å². The minimum atomic E-state index is -0.758. The highest BCUT2D eigenvalue weighted by Gasteiger charge is 2.34. The maximum atomic E-state index is 14.1. The van der Waals surface area contributed by atoms with E-state index >= 15 is 0 Å². The van der Waals surface area contributed by atoms with E-state index in [-0.39, 0.29) is 12.1 Å². The summed E-state index contributed by atoms with van der Waals surface area (Å²) in [6.45, 7) is 6.98. The molecule has 2 nitrogen and oxygen atoms in total. The Morgan fingerprint density at radius 3 is 2.68 bits per heavy atom. The number of likely N-dealkylation sites (N-methyl/N-ethyl adjacent to an activating group) is 1. The SMILES string of the molecule is CCNC(c1ccc(C)c(F)c1F)C1OCCC1C. The molecule has 1 heterocycles. The van der Waals surface area contributed by atoms with Crippen LogP contribution in [0.4, 0.5) is 8.78 Å². The first-order valence-corrected chi connectivity index (χ1v) is 6.85. The first kappa shape index (κ1) is 14.4. The number of rotatable bonds is 4. The van der Waals surface area contributed by atoms with Crippen molar-refractivity contribution in [2.75, 3.05) is 13.2 Å². The molecule has 4 heteroatoms. The summed E-state index contributed by atoms with van der Waals surface area (Å²) in [6.07, 6.45) is 0.860. The highest BCUT2D eigenvalue weighted by Crippen LogP contribution is 2.33. The van der Waals surface area contributed by atoms with Crippen LogP contribution in [0.2, 0.25) is 0 Å². The molecule has 0 aliphatic carbocycles. The molecule has 0 saturated carbocycles. The molecule has 1 saturated heterocycles. The number of halogens is 2. The van der Waals surface area contributed by atoms with Crippen molar-refractivity contribution in [3.05, 3.63) is 34.9 Å². The van der Waals surface area contributed by atoms with Crippen molar-refractivity contribution in [1.82, 2.24) is 5.32 Å². The van der Waals surface area contributed by atoms with E-state index < -0.39 is 11.6 Å². The number of aryl methyl sites for hydroxylation is 1. The van der Waals surface area contributed by atoms with E-state index in [0.717, 1.165) is 6.42 Å². The Morgan fingerprint density at radius 2 is 2.11 bits per heavy atom. The highest BCUT2D eigenvalue weighted by atomic mass is 19.2. The molecule has 1 aliphatic rings. The first-order chi connectivity index (χ1) is 9.06. The molecule has 0 spiro atoms. The van der Waals surface area contributed by atoms with Gasteiger partial charge < -0.3 is 10.1 Å². The summed E-state index contributed by atoms with van der Waals surface area (Å²) >= 11 is 0. The molecule has 0 aromatic heterocycles. The monoisotopic (exact) mass is 269 g/mol. The molecule has 1 aromatic carbocycles. The smallest absolute Gasteiger partial charge is 0.163 e. The topological polar surface area (TPSA) is 21.3 Å². The Morgan fingerprint density at radius 1 is 1.37 bits per heavy atom. The normalized spacial score (nSPS) is 24.7. The van der Waals surface area contributed by atoms with Gasteiger partial charge in [-0.1, -0.05) is 26.0 Å². The van der Waals surface area contributed by atoms with Gasteiger partial charge in [0.25, 0.3) is 0 Å². The molecule has 2 rings (SSSR count). The molecule has 1 aliphatic heterocycles. The third kappa shape index (κ3) is 2.79. The van der Waals surface area contributed by atoms with Gasteiger partial charge in [-0.3, -0.25) is 0 Å². The lowest BCUT2D eigenvalue weighted by Gasteiger charge is -2.27. The summed E-state index contributed by atoms with van der Waals surface area (Å²) in [6, 6.07) is 2.99. The molecule has 106 valence electrons. The largest absolute Gasteiger partial charge is 0.376 e. The summed E-state index contributed by atoms with van der Waals surface area (Å²) in [4.78, 5) is 0. The maximum Gasteiger partial charge on any atom is 0.163 e. The second kappa shape index (κ2) is 5.97. The maximum absolute atomic E-state index is 14.1. The Labute approximate surface area is 113 Å². The van der Waals surface area contributed by atoms with Gasteiger partial charge in [-0.25, -0.2) is 8.78 Å². The fraction of sp³-hybridized carbons (Fsp3) is 0.600. The molecule has 19 heavy (non-hydrogen) atoms.